The van der Waals surface area contributed by atoms with Crippen LogP contribution < -0.4 is 4.90 Å². The number of nitrogens with zero attached hydrogens (tertiary/aromatic N) is 4. The second kappa shape index (κ2) is 6.66. The Morgan fingerprint density at radius 2 is 1.89 bits per heavy atom. The van der Waals surface area contributed by atoms with Gasteiger partial charge in [0.05, 0.1) is 5.69 Å². The standard InChI is InChI=1S/C20H27ClN4O2/c1-20(2,3)27-19(26)25-13-5-6-14(25)10-12(9-13)15-7-8-24(4)16-11-17(21)22-23-18(15)16/h7,11-14H,5-6,8-10H2,1-4H3/t12?,13-,14?/m0/s1. The third-order valence-electron chi connectivity index (χ3n) is 5.79. The number of anilines is 1. The lowest BCUT2D eigenvalue weighted by molar-refractivity contribution is 0.00490. The molecule has 1 aromatic rings. The Kier molecular flexibility index (Phi) is 4.57. The van der Waals surface area contributed by atoms with Gasteiger partial charge in [-0.1, -0.05) is 17.7 Å². The summed E-state index contributed by atoms with van der Waals surface area (Å²) in [7, 11) is 2.04. The van der Waals surface area contributed by atoms with Gasteiger partial charge in [-0.15, -0.1) is 10.2 Å². The van der Waals surface area contributed by atoms with Crippen LogP contribution in [0, 0.1) is 5.92 Å². The van der Waals surface area contributed by atoms with E-state index in [1.165, 1.54) is 5.57 Å². The van der Waals surface area contributed by atoms with Crippen molar-refractivity contribution in [3.63, 3.8) is 0 Å². The number of rotatable bonds is 1. The van der Waals surface area contributed by atoms with Crippen LogP contribution >= 0.6 is 11.6 Å². The number of halogens is 1. The van der Waals surface area contributed by atoms with E-state index in [-0.39, 0.29) is 18.2 Å². The first-order chi connectivity index (χ1) is 12.7. The van der Waals surface area contributed by atoms with Crippen molar-refractivity contribution in [1.82, 2.24) is 15.1 Å². The van der Waals surface area contributed by atoms with Gasteiger partial charge >= 0.3 is 6.09 Å². The van der Waals surface area contributed by atoms with Crippen LogP contribution in [0.1, 0.15) is 52.1 Å². The second-order valence-corrected chi connectivity index (χ2v) is 9.27. The van der Waals surface area contributed by atoms with Crippen LogP contribution in [0.3, 0.4) is 0 Å². The first kappa shape index (κ1) is 18.5. The SMILES string of the molecule is CN1CC=C(C2CC3CC[C@@H](C2)N3C(=O)OC(C)(C)C)c2nnc(Cl)cc21. The predicted molar refractivity (Wildman–Crippen MR) is 106 cm³/mol. The molecule has 3 atom stereocenters. The first-order valence-electron chi connectivity index (χ1n) is 9.69. The van der Waals surface area contributed by atoms with E-state index in [0.717, 1.165) is 43.6 Å². The zero-order valence-corrected chi connectivity index (χ0v) is 17.2. The highest BCUT2D eigenvalue weighted by Gasteiger charge is 2.46. The zero-order valence-electron chi connectivity index (χ0n) is 16.4. The number of ether oxygens (including phenoxy) is 1. The van der Waals surface area contributed by atoms with E-state index >= 15 is 0 Å². The number of hydrogen-bond acceptors (Lipinski definition) is 5. The third-order valence-corrected chi connectivity index (χ3v) is 5.98. The van der Waals surface area contributed by atoms with Crippen LogP contribution in [-0.2, 0) is 4.74 Å². The maximum absolute atomic E-state index is 12.7. The fourth-order valence-corrected chi connectivity index (χ4v) is 4.83. The lowest BCUT2D eigenvalue weighted by Crippen LogP contribution is -2.48. The molecule has 2 bridgehead atoms. The molecular formula is C20H27ClN4O2. The summed E-state index contributed by atoms with van der Waals surface area (Å²) in [6.45, 7) is 6.60. The molecule has 3 aliphatic heterocycles. The van der Waals surface area contributed by atoms with Gasteiger partial charge in [0.25, 0.3) is 0 Å². The summed E-state index contributed by atoms with van der Waals surface area (Å²) in [5.74, 6) is 0.393. The molecule has 146 valence electrons. The molecule has 4 rings (SSSR count). The molecule has 0 spiro atoms. The monoisotopic (exact) mass is 390 g/mol. The fourth-order valence-electron chi connectivity index (χ4n) is 4.69. The average molecular weight is 391 g/mol. The van der Waals surface area contributed by atoms with Gasteiger partial charge in [-0.3, -0.25) is 0 Å². The number of allylic oxidation sites excluding steroid dienone is 1. The van der Waals surface area contributed by atoms with Crippen LogP contribution in [0.2, 0.25) is 5.15 Å². The van der Waals surface area contributed by atoms with Crippen molar-refractivity contribution in [3.8, 4) is 0 Å². The minimum Gasteiger partial charge on any atom is -0.444 e. The van der Waals surface area contributed by atoms with Crippen LogP contribution in [0.5, 0.6) is 0 Å². The number of hydrogen-bond donors (Lipinski definition) is 0. The summed E-state index contributed by atoms with van der Waals surface area (Å²) in [6.07, 6.45) is 6.10. The van der Waals surface area contributed by atoms with Gasteiger partial charge in [0.2, 0.25) is 0 Å². The summed E-state index contributed by atoms with van der Waals surface area (Å²) in [6, 6.07) is 2.38. The normalized spacial score (nSPS) is 27.3. The van der Waals surface area contributed by atoms with E-state index in [0.29, 0.717) is 11.1 Å². The van der Waals surface area contributed by atoms with Crippen molar-refractivity contribution in [2.24, 2.45) is 5.92 Å². The number of likely N-dealkylation sites (N-methyl/N-ethyl adjacent to an activating group) is 1. The number of amides is 1. The van der Waals surface area contributed by atoms with Gasteiger partial charge in [0.1, 0.15) is 11.3 Å². The highest BCUT2D eigenvalue weighted by molar-refractivity contribution is 6.29. The molecule has 27 heavy (non-hydrogen) atoms. The minimum absolute atomic E-state index is 0.169. The van der Waals surface area contributed by atoms with Crippen molar-refractivity contribution in [2.45, 2.75) is 64.1 Å². The van der Waals surface area contributed by atoms with Crippen LogP contribution in [0.4, 0.5) is 10.5 Å². The average Bonchev–Trinajstić information content (AvgIpc) is 2.85. The van der Waals surface area contributed by atoms with E-state index in [9.17, 15) is 4.79 Å². The van der Waals surface area contributed by atoms with Crippen molar-refractivity contribution in [3.05, 3.63) is 23.0 Å². The first-order valence-corrected chi connectivity index (χ1v) is 10.1. The largest absolute Gasteiger partial charge is 0.444 e. The van der Waals surface area contributed by atoms with Gasteiger partial charge in [0, 0.05) is 31.7 Å². The summed E-state index contributed by atoms with van der Waals surface area (Å²) >= 11 is 6.06. The molecule has 2 unspecified atom stereocenters. The van der Waals surface area contributed by atoms with Crippen molar-refractivity contribution in [1.29, 1.82) is 0 Å². The molecule has 6 nitrogen and oxygen atoms in total. The maximum Gasteiger partial charge on any atom is 0.410 e. The number of carbonyl (C=O) groups is 1. The predicted octanol–water partition coefficient (Wildman–Crippen LogP) is 4.14. The van der Waals surface area contributed by atoms with E-state index in [1.807, 2.05) is 38.8 Å². The Morgan fingerprint density at radius 3 is 2.52 bits per heavy atom. The minimum atomic E-state index is -0.461. The molecule has 2 saturated heterocycles. The molecule has 0 N–H and O–H groups in total. The van der Waals surface area contributed by atoms with E-state index in [2.05, 4.69) is 21.2 Å². The molecule has 0 saturated carbocycles. The van der Waals surface area contributed by atoms with Gasteiger partial charge in [0.15, 0.2) is 5.15 Å². The summed E-state index contributed by atoms with van der Waals surface area (Å²) in [5.41, 5.74) is 2.77. The molecule has 1 aromatic heterocycles. The molecule has 0 aliphatic carbocycles. The number of fused-ring (bicyclic) bond motifs is 3. The molecule has 1 amide bonds. The number of aromatic nitrogens is 2. The van der Waals surface area contributed by atoms with Gasteiger partial charge < -0.3 is 14.5 Å². The Hall–Kier alpha value is -1.82. The molecule has 0 aromatic carbocycles. The molecule has 7 heteroatoms. The van der Waals surface area contributed by atoms with E-state index < -0.39 is 5.60 Å². The van der Waals surface area contributed by atoms with Gasteiger partial charge in [-0.25, -0.2) is 4.79 Å². The summed E-state index contributed by atoms with van der Waals surface area (Å²) in [4.78, 5) is 16.8. The maximum atomic E-state index is 12.7. The van der Waals surface area contributed by atoms with E-state index in [1.54, 1.807) is 0 Å². The smallest absolute Gasteiger partial charge is 0.410 e. The lowest BCUT2D eigenvalue weighted by Gasteiger charge is -2.41. The topological polar surface area (TPSA) is 58.6 Å². The summed E-state index contributed by atoms with van der Waals surface area (Å²) in [5, 5.41) is 8.89. The fraction of sp³-hybridized carbons (Fsp3) is 0.650. The summed E-state index contributed by atoms with van der Waals surface area (Å²) < 4.78 is 5.65. The molecular weight excluding hydrogens is 364 g/mol. The highest BCUT2D eigenvalue weighted by atomic mass is 35.5. The van der Waals surface area contributed by atoms with Crippen LogP contribution in [0.15, 0.2) is 12.1 Å². The Labute approximate surface area is 165 Å². The van der Waals surface area contributed by atoms with Crippen LogP contribution in [-0.4, -0.2) is 52.5 Å². The zero-order chi connectivity index (χ0) is 19.3. The quantitative estimate of drug-likeness (QED) is 0.721. The van der Waals surface area contributed by atoms with Gasteiger partial charge in [-0.2, -0.15) is 0 Å². The van der Waals surface area contributed by atoms with Crippen LogP contribution in [0.25, 0.3) is 5.57 Å². The lowest BCUT2D eigenvalue weighted by atomic mass is 9.82. The third kappa shape index (κ3) is 3.51. The Morgan fingerprint density at radius 1 is 1.22 bits per heavy atom. The molecule has 4 heterocycles. The molecule has 2 fully saturated rings. The second-order valence-electron chi connectivity index (χ2n) is 8.88. The van der Waals surface area contributed by atoms with E-state index in [4.69, 9.17) is 16.3 Å². The number of carbonyl (C=O) groups excluding carboxylic acids is 1. The molecule has 0 radical (unpaired) electrons. The van der Waals surface area contributed by atoms with Crippen molar-refractivity contribution < 1.29 is 9.53 Å². The van der Waals surface area contributed by atoms with Crippen molar-refractivity contribution in [2.75, 3.05) is 18.5 Å². The Bertz CT molecular complexity index is 775. The molecule has 3 aliphatic rings. The highest BCUT2D eigenvalue weighted by Crippen LogP contribution is 2.46. The Balaban J connectivity index is 1.55. The number of piperidine rings is 1. The van der Waals surface area contributed by atoms with Gasteiger partial charge in [-0.05, 0) is 57.9 Å². The van der Waals surface area contributed by atoms with Crippen molar-refractivity contribution >= 4 is 29.0 Å².